The van der Waals surface area contributed by atoms with E-state index in [1.54, 1.807) is 30.1 Å². The summed E-state index contributed by atoms with van der Waals surface area (Å²) in [5.41, 5.74) is 5.64. The maximum absolute atomic E-state index is 13.7. The fourth-order valence-electron chi connectivity index (χ4n) is 1.21. The van der Waals surface area contributed by atoms with Crippen LogP contribution in [0.15, 0.2) is 34.6 Å². The van der Waals surface area contributed by atoms with Gasteiger partial charge in [-0.2, -0.15) is 0 Å². The van der Waals surface area contributed by atoms with Crippen LogP contribution in [0.4, 0.5) is 4.39 Å². The second kappa shape index (κ2) is 4.54. The van der Waals surface area contributed by atoms with E-state index in [-0.39, 0.29) is 5.84 Å². The normalized spacial score (nSPS) is 10.5. The minimum Gasteiger partial charge on any atom is -0.384 e. The van der Waals surface area contributed by atoms with Crippen molar-refractivity contribution in [3.63, 3.8) is 0 Å². The molecule has 88 valence electrons. The summed E-state index contributed by atoms with van der Waals surface area (Å²) in [4.78, 5) is 0.422. The quantitative estimate of drug-likeness (QED) is 0.638. The fourth-order valence-corrected chi connectivity index (χ4v) is 1.98. The highest BCUT2D eigenvalue weighted by molar-refractivity contribution is 7.99. The van der Waals surface area contributed by atoms with Crippen molar-refractivity contribution < 1.29 is 4.39 Å². The summed E-state index contributed by atoms with van der Waals surface area (Å²) < 4.78 is 15.4. The molecule has 0 saturated carbocycles. The maximum atomic E-state index is 13.7. The van der Waals surface area contributed by atoms with Gasteiger partial charge < -0.3 is 10.3 Å². The molecular weight excluding hydrogens is 241 g/mol. The van der Waals surface area contributed by atoms with Gasteiger partial charge in [-0.1, -0.05) is 0 Å². The van der Waals surface area contributed by atoms with Crippen LogP contribution < -0.4 is 5.73 Å². The second-order valence-corrected chi connectivity index (χ2v) is 4.39. The Labute approximate surface area is 101 Å². The summed E-state index contributed by atoms with van der Waals surface area (Å²) in [6.45, 7) is 0. The molecule has 0 radical (unpaired) electrons. The average Bonchev–Trinajstić information content (AvgIpc) is 2.67. The molecular formula is C10H10FN5S. The van der Waals surface area contributed by atoms with Gasteiger partial charge >= 0.3 is 0 Å². The van der Waals surface area contributed by atoms with Gasteiger partial charge in [-0.15, -0.1) is 10.2 Å². The molecule has 0 saturated heterocycles. The molecule has 3 N–H and O–H groups in total. The van der Waals surface area contributed by atoms with Gasteiger partial charge in [-0.25, -0.2) is 4.39 Å². The minimum absolute atomic E-state index is 0.154. The zero-order chi connectivity index (χ0) is 12.4. The van der Waals surface area contributed by atoms with Crippen molar-refractivity contribution in [1.82, 2.24) is 14.8 Å². The fraction of sp³-hybridized carbons (Fsp3) is 0.100. The van der Waals surface area contributed by atoms with Gasteiger partial charge in [-0.3, -0.25) is 5.41 Å². The number of amidine groups is 1. The third-order valence-corrected chi connectivity index (χ3v) is 3.22. The Morgan fingerprint density at radius 1 is 1.53 bits per heavy atom. The van der Waals surface area contributed by atoms with E-state index >= 15 is 0 Å². The number of hydrogen-bond donors (Lipinski definition) is 2. The number of benzene rings is 1. The van der Waals surface area contributed by atoms with E-state index in [0.29, 0.717) is 15.6 Å². The lowest BCUT2D eigenvalue weighted by Crippen LogP contribution is -2.11. The topological polar surface area (TPSA) is 80.6 Å². The number of aromatic nitrogens is 3. The highest BCUT2D eigenvalue weighted by Crippen LogP contribution is 2.28. The molecule has 2 aromatic rings. The standard InChI is InChI=1S/C10H10FN5S/c1-16-5-14-15-10(16)17-8-3-2-6(9(12)13)4-7(8)11/h2-5H,1H3,(H3,12,13). The van der Waals surface area contributed by atoms with Crippen LogP contribution in [0.1, 0.15) is 5.56 Å². The van der Waals surface area contributed by atoms with Crippen molar-refractivity contribution in [2.75, 3.05) is 0 Å². The first kappa shape index (κ1) is 11.6. The van der Waals surface area contributed by atoms with Crippen LogP contribution in [-0.4, -0.2) is 20.6 Å². The Morgan fingerprint density at radius 2 is 2.29 bits per heavy atom. The molecule has 0 amide bonds. The Kier molecular flexibility index (Phi) is 3.10. The zero-order valence-corrected chi connectivity index (χ0v) is 9.83. The Balaban J connectivity index is 2.29. The zero-order valence-electron chi connectivity index (χ0n) is 9.01. The molecule has 1 aromatic heterocycles. The summed E-state index contributed by atoms with van der Waals surface area (Å²) in [5, 5.41) is 15.4. The minimum atomic E-state index is -0.425. The molecule has 0 bridgehead atoms. The van der Waals surface area contributed by atoms with Crippen molar-refractivity contribution >= 4 is 17.6 Å². The lowest BCUT2D eigenvalue weighted by Gasteiger charge is -2.04. The van der Waals surface area contributed by atoms with Crippen LogP contribution in [0.25, 0.3) is 0 Å². The van der Waals surface area contributed by atoms with E-state index in [9.17, 15) is 4.39 Å². The van der Waals surface area contributed by atoms with E-state index in [2.05, 4.69) is 10.2 Å². The van der Waals surface area contributed by atoms with Crippen molar-refractivity contribution in [3.8, 4) is 0 Å². The number of nitrogen functional groups attached to an aromatic ring is 1. The highest BCUT2D eigenvalue weighted by Gasteiger charge is 2.09. The molecule has 0 unspecified atom stereocenters. The Bertz CT molecular complexity index is 566. The molecule has 17 heavy (non-hydrogen) atoms. The van der Waals surface area contributed by atoms with Crippen molar-refractivity contribution in [2.24, 2.45) is 12.8 Å². The van der Waals surface area contributed by atoms with Crippen LogP contribution in [-0.2, 0) is 7.05 Å². The third kappa shape index (κ3) is 2.44. The summed E-state index contributed by atoms with van der Waals surface area (Å²) >= 11 is 1.17. The first-order valence-corrected chi connectivity index (χ1v) is 5.55. The average molecular weight is 251 g/mol. The SMILES string of the molecule is Cn1cnnc1Sc1ccc(C(=N)N)cc1F. The third-order valence-electron chi connectivity index (χ3n) is 2.11. The Morgan fingerprint density at radius 3 is 2.82 bits per heavy atom. The van der Waals surface area contributed by atoms with Crippen LogP contribution in [0.2, 0.25) is 0 Å². The number of hydrogen-bond acceptors (Lipinski definition) is 4. The molecule has 0 spiro atoms. The summed E-state index contributed by atoms with van der Waals surface area (Å²) in [5.74, 6) is -0.579. The number of halogens is 1. The van der Waals surface area contributed by atoms with Crippen LogP contribution in [0.3, 0.4) is 0 Å². The van der Waals surface area contributed by atoms with Crippen molar-refractivity contribution in [2.45, 2.75) is 10.1 Å². The van der Waals surface area contributed by atoms with Gasteiger partial charge in [-0.05, 0) is 30.0 Å². The molecule has 5 nitrogen and oxygen atoms in total. The maximum Gasteiger partial charge on any atom is 0.195 e. The largest absolute Gasteiger partial charge is 0.384 e. The predicted octanol–water partition coefficient (Wildman–Crippen LogP) is 1.39. The summed E-state index contributed by atoms with van der Waals surface area (Å²) in [6, 6.07) is 4.41. The first-order chi connectivity index (χ1) is 8.08. The molecule has 0 aliphatic heterocycles. The smallest absolute Gasteiger partial charge is 0.195 e. The number of nitrogens with one attached hydrogen (secondary N) is 1. The van der Waals surface area contributed by atoms with E-state index < -0.39 is 5.82 Å². The molecule has 1 aromatic carbocycles. The molecule has 0 aliphatic carbocycles. The number of aryl methyl sites for hydroxylation is 1. The van der Waals surface area contributed by atoms with Crippen LogP contribution in [0, 0.1) is 11.2 Å². The number of nitrogens with two attached hydrogens (primary N) is 1. The molecule has 1 heterocycles. The van der Waals surface area contributed by atoms with Crippen molar-refractivity contribution in [3.05, 3.63) is 35.9 Å². The van der Waals surface area contributed by atoms with Gasteiger partial charge in [0.15, 0.2) is 5.16 Å². The summed E-state index contributed by atoms with van der Waals surface area (Å²) in [7, 11) is 1.78. The number of rotatable bonds is 3. The lowest BCUT2D eigenvalue weighted by molar-refractivity contribution is 0.601. The second-order valence-electron chi connectivity index (χ2n) is 3.39. The molecule has 2 rings (SSSR count). The van der Waals surface area contributed by atoms with Crippen molar-refractivity contribution in [1.29, 1.82) is 5.41 Å². The van der Waals surface area contributed by atoms with E-state index in [4.69, 9.17) is 11.1 Å². The first-order valence-electron chi connectivity index (χ1n) is 4.73. The van der Waals surface area contributed by atoms with E-state index in [1.165, 1.54) is 17.8 Å². The molecule has 0 atom stereocenters. The lowest BCUT2D eigenvalue weighted by atomic mass is 10.2. The van der Waals surface area contributed by atoms with Crippen LogP contribution in [0.5, 0.6) is 0 Å². The van der Waals surface area contributed by atoms with Gasteiger partial charge in [0.1, 0.15) is 18.0 Å². The molecule has 7 heteroatoms. The van der Waals surface area contributed by atoms with Gasteiger partial charge in [0.25, 0.3) is 0 Å². The van der Waals surface area contributed by atoms with E-state index in [0.717, 1.165) is 0 Å². The Hall–Kier alpha value is -1.89. The van der Waals surface area contributed by atoms with Crippen LogP contribution >= 0.6 is 11.8 Å². The predicted molar refractivity (Wildman–Crippen MR) is 62.5 cm³/mol. The van der Waals surface area contributed by atoms with E-state index in [1.807, 2.05) is 0 Å². The van der Waals surface area contributed by atoms with Gasteiger partial charge in [0.2, 0.25) is 0 Å². The molecule has 0 aliphatic rings. The van der Waals surface area contributed by atoms with Gasteiger partial charge in [0, 0.05) is 12.6 Å². The van der Waals surface area contributed by atoms with Gasteiger partial charge in [0.05, 0.1) is 4.90 Å². The monoisotopic (exact) mass is 251 g/mol. The molecule has 0 fully saturated rings. The number of nitrogens with zero attached hydrogens (tertiary/aromatic N) is 3. The highest BCUT2D eigenvalue weighted by atomic mass is 32.2. The summed E-state index contributed by atoms with van der Waals surface area (Å²) in [6.07, 6.45) is 1.55.